The van der Waals surface area contributed by atoms with Gasteiger partial charge in [0.25, 0.3) is 0 Å². The molecule has 1 rings (SSSR count). The van der Waals surface area contributed by atoms with Crippen LogP contribution >= 0.6 is 0 Å². The molecule has 18 heavy (non-hydrogen) atoms. The van der Waals surface area contributed by atoms with Gasteiger partial charge in [0.15, 0.2) is 0 Å². The van der Waals surface area contributed by atoms with Crippen LogP contribution in [-0.4, -0.2) is 30.4 Å². The van der Waals surface area contributed by atoms with Gasteiger partial charge in [-0.05, 0) is 51.5 Å². The van der Waals surface area contributed by atoms with Crippen molar-refractivity contribution in [2.24, 2.45) is 11.7 Å². The van der Waals surface area contributed by atoms with E-state index >= 15 is 0 Å². The largest absolute Gasteiger partial charge is 0.370 e. The van der Waals surface area contributed by atoms with Crippen LogP contribution in [0.25, 0.3) is 0 Å². The lowest BCUT2D eigenvalue weighted by atomic mass is 9.93. The highest BCUT2D eigenvalue weighted by Crippen LogP contribution is 2.21. The second-order valence-corrected chi connectivity index (χ2v) is 5.51. The fourth-order valence-electron chi connectivity index (χ4n) is 2.57. The molecule has 3 nitrogen and oxygen atoms in total. The third-order valence-electron chi connectivity index (χ3n) is 3.90. The number of hydrogen-bond donors (Lipinski definition) is 1. The summed E-state index contributed by atoms with van der Waals surface area (Å²) in [6, 6.07) is 0. The van der Waals surface area contributed by atoms with Crippen molar-refractivity contribution in [2.75, 3.05) is 19.6 Å². The van der Waals surface area contributed by atoms with E-state index in [1.807, 2.05) is 0 Å². The van der Waals surface area contributed by atoms with Crippen LogP contribution in [0, 0.1) is 5.92 Å². The van der Waals surface area contributed by atoms with Crippen molar-refractivity contribution in [1.29, 1.82) is 0 Å². The molecule has 0 aromatic rings. The topological polar surface area (TPSA) is 46.3 Å². The third-order valence-corrected chi connectivity index (χ3v) is 3.90. The second-order valence-electron chi connectivity index (χ2n) is 5.51. The van der Waals surface area contributed by atoms with Crippen molar-refractivity contribution >= 4 is 5.91 Å². The summed E-state index contributed by atoms with van der Waals surface area (Å²) in [7, 11) is 0. The Hall–Kier alpha value is -0.830. The van der Waals surface area contributed by atoms with Crippen molar-refractivity contribution in [3.05, 3.63) is 11.6 Å². The molecule has 1 saturated heterocycles. The van der Waals surface area contributed by atoms with E-state index in [1.54, 1.807) is 0 Å². The van der Waals surface area contributed by atoms with E-state index < -0.39 is 0 Å². The summed E-state index contributed by atoms with van der Waals surface area (Å²) in [5.41, 5.74) is 6.70. The minimum absolute atomic E-state index is 0.159. The maximum Gasteiger partial charge on any atom is 0.217 e. The summed E-state index contributed by atoms with van der Waals surface area (Å²) in [4.78, 5) is 13.3. The summed E-state index contributed by atoms with van der Waals surface area (Å²) >= 11 is 0. The maximum absolute atomic E-state index is 10.8. The van der Waals surface area contributed by atoms with Gasteiger partial charge in [-0.1, -0.05) is 18.6 Å². The Bertz CT molecular complexity index is 286. The predicted molar refractivity (Wildman–Crippen MR) is 76.3 cm³/mol. The van der Waals surface area contributed by atoms with Crippen molar-refractivity contribution in [3.8, 4) is 0 Å². The Balaban J connectivity index is 2.24. The SMILES string of the molecule is CC/C(C)=C/CCN1CCCC(CCC(N)=O)C1. The smallest absolute Gasteiger partial charge is 0.217 e. The maximum atomic E-state index is 10.8. The second kappa shape index (κ2) is 8.30. The molecule has 1 aliphatic rings. The van der Waals surface area contributed by atoms with Crippen molar-refractivity contribution < 1.29 is 4.79 Å². The summed E-state index contributed by atoms with van der Waals surface area (Å²) in [5, 5.41) is 0. The molecule has 1 fully saturated rings. The van der Waals surface area contributed by atoms with E-state index in [9.17, 15) is 4.79 Å². The summed E-state index contributed by atoms with van der Waals surface area (Å²) in [5.74, 6) is 0.510. The quantitative estimate of drug-likeness (QED) is 0.708. The first-order chi connectivity index (χ1) is 8.61. The number of nitrogens with zero attached hydrogens (tertiary/aromatic N) is 1. The van der Waals surface area contributed by atoms with E-state index in [0.29, 0.717) is 12.3 Å². The van der Waals surface area contributed by atoms with Crippen LogP contribution in [0.4, 0.5) is 0 Å². The summed E-state index contributed by atoms with van der Waals surface area (Å²) in [6.07, 6.45) is 8.70. The number of piperidine rings is 1. The Kier molecular flexibility index (Phi) is 7.02. The Morgan fingerprint density at radius 3 is 2.94 bits per heavy atom. The van der Waals surface area contributed by atoms with Gasteiger partial charge in [0.1, 0.15) is 0 Å². The number of allylic oxidation sites excluding steroid dienone is 1. The van der Waals surface area contributed by atoms with Crippen LogP contribution in [-0.2, 0) is 4.79 Å². The number of rotatable bonds is 7. The Labute approximate surface area is 111 Å². The van der Waals surface area contributed by atoms with Crippen LogP contribution in [0.5, 0.6) is 0 Å². The molecule has 0 saturated carbocycles. The van der Waals surface area contributed by atoms with E-state index in [0.717, 1.165) is 32.4 Å². The molecule has 0 aromatic heterocycles. The highest BCUT2D eigenvalue weighted by Gasteiger charge is 2.19. The fraction of sp³-hybridized carbons (Fsp3) is 0.800. The minimum atomic E-state index is -0.159. The molecule has 104 valence electrons. The molecule has 1 aliphatic heterocycles. The normalized spacial score (nSPS) is 22.1. The number of carbonyl (C=O) groups excluding carboxylic acids is 1. The van der Waals surface area contributed by atoms with Crippen LogP contribution in [0.1, 0.15) is 52.4 Å². The first kappa shape index (κ1) is 15.2. The number of carbonyl (C=O) groups is 1. The van der Waals surface area contributed by atoms with Gasteiger partial charge in [-0.25, -0.2) is 0 Å². The van der Waals surface area contributed by atoms with Gasteiger partial charge in [-0.3, -0.25) is 4.79 Å². The number of amides is 1. The van der Waals surface area contributed by atoms with Gasteiger partial charge in [0.2, 0.25) is 5.91 Å². The van der Waals surface area contributed by atoms with Crippen molar-refractivity contribution in [1.82, 2.24) is 4.90 Å². The highest BCUT2D eigenvalue weighted by molar-refractivity contribution is 5.73. The predicted octanol–water partition coefficient (Wildman–Crippen LogP) is 2.71. The molecule has 1 unspecified atom stereocenters. The van der Waals surface area contributed by atoms with Crippen LogP contribution < -0.4 is 5.73 Å². The van der Waals surface area contributed by atoms with E-state index in [-0.39, 0.29) is 5.91 Å². The minimum Gasteiger partial charge on any atom is -0.370 e. The molecular weight excluding hydrogens is 224 g/mol. The standard InChI is InChI=1S/C15H28N2O/c1-3-13(2)6-4-10-17-11-5-7-14(12-17)8-9-15(16)18/h6,14H,3-5,7-12H2,1-2H3,(H2,16,18)/b13-6+. The monoisotopic (exact) mass is 252 g/mol. The van der Waals surface area contributed by atoms with E-state index in [2.05, 4.69) is 24.8 Å². The number of nitrogens with two attached hydrogens (primary N) is 1. The van der Waals surface area contributed by atoms with Gasteiger partial charge in [0, 0.05) is 19.5 Å². The molecule has 0 radical (unpaired) electrons. The van der Waals surface area contributed by atoms with Gasteiger partial charge >= 0.3 is 0 Å². The lowest BCUT2D eigenvalue weighted by Crippen LogP contribution is -2.36. The molecule has 0 bridgehead atoms. The zero-order valence-corrected chi connectivity index (χ0v) is 12.0. The molecule has 0 aromatic carbocycles. The summed E-state index contributed by atoms with van der Waals surface area (Å²) < 4.78 is 0. The Morgan fingerprint density at radius 1 is 1.50 bits per heavy atom. The molecule has 2 N–H and O–H groups in total. The molecule has 1 amide bonds. The molecule has 0 spiro atoms. The highest BCUT2D eigenvalue weighted by atomic mass is 16.1. The van der Waals surface area contributed by atoms with Gasteiger partial charge in [-0.2, -0.15) is 0 Å². The van der Waals surface area contributed by atoms with Gasteiger partial charge < -0.3 is 10.6 Å². The van der Waals surface area contributed by atoms with E-state index in [1.165, 1.54) is 25.0 Å². The lowest BCUT2D eigenvalue weighted by molar-refractivity contribution is -0.118. The number of likely N-dealkylation sites (tertiary alicyclic amines) is 1. The molecule has 0 aliphatic carbocycles. The van der Waals surface area contributed by atoms with E-state index in [4.69, 9.17) is 5.73 Å². The zero-order valence-electron chi connectivity index (χ0n) is 12.0. The fourth-order valence-corrected chi connectivity index (χ4v) is 2.57. The van der Waals surface area contributed by atoms with Crippen molar-refractivity contribution in [2.45, 2.75) is 52.4 Å². The average molecular weight is 252 g/mol. The Morgan fingerprint density at radius 2 is 2.28 bits per heavy atom. The molecule has 1 atom stereocenters. The third kappa shape index (κ3) is 6.20. The first-order valence-corrected chi connectivity index (χ1v) is 7.28. The molecule has 3 heteroatoms. The van der Waals surface area contributed by atoms with Crippen molar-refractivity contribution in [3.63, 3.8) is 0 Å². The van der Waals surface area contributed by atoms with Crippen LogP contribution in [0.2, 0.25) is 0 Å². The number of hydrogen-bond acceptors (Lipinski definition) is 2. The van der Waals surface area contributed by atoms with Crippen LogP contribution in [0.15, 0.2) is 11.6 Å². The first-order valence-electron chi connectivity index (χ1n) is 7.28. The zero-order chi connectivity index (χ0) is 13.4. The molecule has 1 heterocycles. The van der Waals surface area contributed by atoms with Crippen LogP contribution in [0.3, 0.4) is 0 Å². The van der Waals surface area contributed by atoms with Gasteiger partial charge in [0.05, 0.1) is 0 Å². The molecular formula is C15H28N2O. The number of primary amides is 1. The average Bonchev–Trinajstić information content (AvgIpc) is 2.36. The van der Waals surface area contributed by atoms with Gasteiger partial charge in [-0.15, -0.1) is 0 Å². The summed E-state index contributed by atoms with van der Waals surface area (Å²) in [6.45, 7) is 7.92. The lowest BCUT2D eigenvalue weighted by Gasteiger charge is -2.32.